The van der Waals surface area contributed by atoms with Crippen LogP contribution in [0.15, 0.2) is 23.6 Å². The molecule has 11 heteroatoms. The number of nitrogens with one attached hydrogen (secondary N) is 1. The summed E-state index contributed by atoms with van der Waals surface area (Å²) in [6.45, 7) is 0.0294. The van der Waals surface area contributed by atoms with Crippen LogP contribution in [0, 0.1) is 10.1 Å². The molecule has 0 radical (unpaired) electrons. The molecular formula is C10H9N7O4. The summed E-state index contributed by atoms with van der Waals surface area (Å²) in [5.41, 5.74) is 2.61. The SMILES string of the molecule is Nn1cnnc1N/N=C/c1cc2c(cc1[N+](=O)[O-])OCO2. The summed E-state index contributed by atoms with van der Waals surface area (Å²) in [7, 11) is 0. The molecule has 21 heavy (non-hydrogen) atoms. The molecule has 0 saturated heterocycles. The van der Waals surface area contributed by atoms with E-state index in [1.54, 1.807) is 0 Å². The molecule has 1 aliphatic heterocycles. The van der Waals surface area contributed by atoms with E-state index >= 15 is 0 Å². The fourth-order valence-electron chi connectivity index (χ4n) is 1.69. The van der Waals surface area contributed by atoms with Crippen LogP contribution >= 0.6 is 0 Å². The fourth-order valence-corrected chi connectivity index (χ4v) is 1.69. The Morgan fingerprint density at radius 2 is 2.24 bits per heavy atom. The van der Waals surface area contributed by atoms with Gasteiger partial charge in [0, 0.05) is 0 Å². The van der Waals surface area contributed by atoms with E-state index in [1.807, 2.05) is 0 Å². The number of rotatable bonds is 4. The van der Waals surface area contributed by atoms with Crippen LogP contribution in [0.2, 0.25) is 0 Å². The first kappa shape index (κ1) is 12.7. The number of anilines is 1. The molecule has 1 aromatic carbocycles. The van der Waals surface area contributed by atoms with Gasteiger partial charge in [0.05, 0.1) is 22.8 Å². The number of hydrogen-bond donors (Lipinski definition) is 2. The van der Waals surface area contributed by atoms with Crippen LogP contribution in [0.5, 0.6) is 11.5 Å². The smallest absolute Gasteiger partial charge is 0.282 e. The second-order valence-electron chi connectivity index (χ2n) is 3.95. The third-order valence-corrected chi connectivity index (χ3v) is 2.66. The number of fused-ring (bicyclic) bond motifs is 1. The molecule has 0 spiro atoms. The Labute approximate surface area is 117 Å². The molecule has 3 rings (SSSR count). The zero-order valence-corrected chi connectivity index (χ0v) is 10.5. The van der Waals surface area contributed by atoms with Crippen molar-refractivity contribution in [2.24, 2.45) is 5.10 Å². The predicted molar refractivity (Wildman–Crippen MR) is 70.6 cm³/mol. The molecule has 0 aliphatic carbocycles. The Hall–Kier alpha value is -3.37. The Balaban J connectivity index is 1.87. The van der Waals surface area contributed by atoms with E-state index in [4.69, 9.17) is 15.3 Å². The van der Waals surface area contributed by atoms with E-state index < -0.39 is 4.92 Å². The molecular weight excluding hydrogens is 282 g/mol. The number of hydrogen-bond acceptors (Lipinski definition) is 9. The van der Waals surface area contributed by atoms with Gasteiger partial charge in [0.15, 0.2) is 11.5 Å². The summed E-state index contributed by atoms with van der Waals surface area (Å²) >= 11 is 0. The number of aromatic nitrogens is 3. The van der Waals surface area contributed by atoms with Crippen molar-refractivity contribution in [2.75, 3.05) is 18.1 Å². The number of nitrogens with two attached hydrogens (primary N) is 1. The quantitative estimate of drug-likeness (QED) is 0.349. The highest BCUT2D eigenvalue weighted by atomic mass is 16.7. The van der Waals surface area contributed by atoms with E-state index in [-0.39, 0.29) is 24.0 Å². The first-order valence-corrected chi connectivity index (χ1v) is 5.67. The number of nitrogens with zero attached hydrogens (tertiary/aromatic N) is 5. The molecule has 0 fully saturated rings. The zero-order valence-electron chi connectivity index (χ0n) is 10.5. The minimum atomic E-state index is -0.533. The molecule has 0 unspecified atom stereocenters. The van der Waals surface area contributed by atoms with Gasteiger partial charge in [-0.1, -0.05) is 0 Å². The Morgan fingerprint density at radius 1 is 1.48 bits per heavy atom. The van der Waals surface area contributed by atoms with Crippen LogP contribution in [0.4, 0.5) is 11.6 Å². The number of nitro groups is 1. The molecule has 0 amide bonds. The maximum absolute atomic E-state index is 11.0. The average Bonchev–Trinajstić information content (AvgIpc) is 3.06. The normalized spacial score (nSPS) is 12.8. The minimum absolute atomic E-state index is 0.0294. The molecule has 2 heterocycles. The van der Waals surface area contributed by atoms with E-state index in [0.717, 1.165) is 4.68 Å². The van der Waals surface area contributed by atoms with Crippen molar-refractivity contribution in [3.8, 4) is 11.5 Å². The zero-order chi connectivity index (χ0) is 14.8. The van der Waals surface area contributed by atoms with Crippen molar-refractivity contribution in [3.05, 3.63) is 34.1 Å². The average molecular weight is 291 g/mol. The number of benzene rings is 1. The highest BCUT2D eigenvalue weighted by molar-refractivity contribution is 5.87. The van der Waals surface area contributed by atoms with Gasteiger partial charge >= 0.3 is 0 Å². The largest absolute Gasteiger partial charge is 0.454 e. The maximum atomic E-state index is 11.0. The lowest BCUT2D eigenvalue weighted by atomic mass is 10.1. The summed E-state index contributed by atoms with van der Waals surface area (Å²) in [6, 6.07) is 2.76. The van der Waals surface area contributed by atoms with Crippen LogP contribution < -0.4 is 20.7 Å². The van der Waals surface area contributed by atoms with Gasteiger partial charge in [-0.15, -0.1) is 10.2 Å². The maximum Gasteiger partial charge on any atom is 0.282 e. The van der Waals surface area contributed by atoms with Gasteiger partial charge in [-0.05, 0) is 6.07 Å². The van der Waals surface area contributed by atoms with Gasteiger partial charge in [0.2, 0.25) is 6.79 Å². The minimum Gasteiger partial charge on any atom is -0.454 e. The fraction of sp³-hybridized carbons (Fsp3) is 0.100. The molecule has 1 aromatic heterocycles. The van der Waals surface area contributed by atoms with Crippen molar-refractivity contribution in [1.82, 2.24) is 14.9 Å². The standard InChI is InChI=1S/C10H9N7O4/c11-16-4-13-15-10(16)14-12-3-6-1-8-9(21-5-20-8)2-7(6)17(18)19/h1-4H,5,11H2,(H,14,15)/b12-3+. The molecule has 2 aromatic rings. The number of nitrogen functional groups attached to an aromatic ring is 1. The first-order valence-electron chi connectivity index (χ1n) is 5.67. The first-order chi connectivity index (χ1) is 10.1. The van der Waals surface area contributed by atoms with Gasteiger partial charge in [0.25, 0.3) is 11.6 Å². The summed E-state index contributed by atoms with van der Waals surface area (Å²) in [6.07, 6.45) is 2.54. The second kappa shape index (κ2) is 4.96. The molecule has 1 aliphatic rings. The summed E-state index contributed by atoms with van der Waals surface area (Å²) < 4.78 is 11.4. The lowest BCUT2D eigenvalue weighted by Gasteiger charge is -2.01. The lowest BCUT2D eigenvalue weighted by Crippen LogP contribution is -2.10. The van der Waals surface area contributed by atoms with Gasteiger partial charge in [0.1, 0.15) is 6.33 Å². The van der Waals surface area contributed by atoms with Crippen LogP contribution in [0.3, 0.4) is 0 Å². The Morgan fingerprint density at radius 3 is 2.90 bits per heavy atom. The lowest BCUT2D eigenvalue weighted by molar-refractivity contribution is -0.385. The highest BCUT2D eigenvalue weighted by Gasteiger charge is 2.22. The van der Waals surface area contributed by atoms with E-state index in [0.29, 0.717) is 11.5 Å². The third kappa shape index (κ3) is 2.39. The summed E-state index contributed by atoms with van der Waals surface area (Å²) in [4.78, 5) is 10.5. The molecule has 108 valence electrons. The molecule has 0 atom stereocenters. The third-order valence-electron chi connectivity index (χ3n) is 2.66. The monoisotopic (exact) mass is 291 g/mol. The van der Waals surface area contributed by atoms with Gasteiger partial charge in [-0.2, -0.15) is 5.10 Å². The van der Waals surface area contributed by atoms with Crippen LogP contribution in [0.25, 0.3) is 0 Å². The Bertz CT molecular complexity index is 726. The predicted octanol–water partition coefficient (Wildman–Crippen LogP) is 0.0748. The van der Waals surface area contributed by atoms with Crippen molar-refractivity contribution < 1.29 is 14.4 Å². The second-order valence-corrected chi connectivity index (χ2v) is 3.95. The van der Waals surface area contributed by atoms with Gasteiger partial charge in [-0.25, -0.2) is 10.1 Å². The topological polar surface area (TPSA) is 143 Å². The van der Waals surface area contributed by atoms with Crippen molar-refractivity contribution in [1.29, 1.82) is 0 Å². The number of hydrazone groups is 1. The summed E-state index contributed by atoms with van der Waals surface area (Å²) in [5.74, 6) is 6.42. The summed E-state index contributed by atoms with van der Waals surface area (Å²) in [5, 5.41) is 22.1. The van der Waals surface area contributed by atoms with Crippen LogP contribution in [0.1, 0.15) is 5.56 Å². The molecule has 3 N–H and O–H groups in total. The van der Waals surface area contributed by atoms with Gasteiger partial charge in [-0.3, -0.25) is 10.1 Å². The van der Waals surface area contributed by atoms with E-state index in [2.05, 4.69) is 20.7 Å². The van der Waals surface area contributed by atoms with Gasteiger partial charge < -0.3 is 15.3 Å². The van der Waals surface area contributed by atoms with E-state index in [9.17, 15) is 10.1 Å². The van der Waals surface area contributed by atoms with Crippen molar-refractivity contribution in [3.63, 3.8) is 0 Å². The highest BCUT2D eigenvalue weighted by Crippen LogP contribution is 2.37. The number of ether oxygens (including phenoxy) is 2. The number of nitro benzene ring substituents is 1. The molecule has 0 bridgehead atoms. The van der Waals surface area contributed by atoms with E-state index in [1.165, 1.54) is 24.7 Å². The van der Waals surface area contributed by atoms with Crippen LogP contribution in [-0.4, -0.2) is 32.8 Å². The van der Waals surface area contributed by atoms with Crippen molar-refractivity contribution >= 4 is 17.9 Å². The molecule has 0 saturated carbocycles. The van der Waals surface area contributed by atoms with Crippen LogP contribution in [-0.2, 0) is 0 Å². The van der Waals surface area contributed by atoms with Crippen molar-refractivity contribution in [2.45, 2.75) is 0 Å². The Kier molecular flexibility index (Phi) is 2.99. The molecule has 11 nitrogen and oxygen atoms in total.